The number of benzene rings is 1. The topological polar surface area (TPSA) is 87.7 Å². The molecule has 0 atom stereocenters. The zero-order chi connectivity index (χ0) is 21.4. The van der Waals surface area contributed by atoms with E-state index in [2.05, 4.69) is 26.6 Å². The number of halogens is 1. The van der Waals surface area contributed by atoms with Crippen molar-refractivity contribution < 1.29 is 19.1 Å². The second-order valence-electron chi connectivity index (χ2n) is 8.22. The van der Waals surface area contributed by atoms with Crippen molar-refractivity contribution in [3.63, 3.8) is 0 Å². The van der Waals surface area contributed by atoms with Crippen LogP contribution in [0.25, 0.3) is 0 Å². The number of alkyl carbamates (subject to hydrolysis) is 1. The highest BCUT2D eigenvalue weighted by Gasteiger charge is 2.23. The Morgan fingerprint density at radius 2 is 1.86 bits per heavy atom. The molecule has 2 N–H and O–H groups in total. The lowest BCUT2D eigenvalue weighted by molar-refractivity contribution is -0.132. The molecule has 0 aromatic heterocycles. The van der Waals surface area contributed by atoms with Crippen molar-refractivity contribution in [2.24, 2.45) is 5.92 Å². The normalized spacial score (nSPS) is 15.0. The smallest absolute Gasteiger partial charge is 0.407 e. The standard InChI is InChI=1S/C21H30BrN3O4/c1-21(2,3)29-20(28)23-10-7-18(26)25-11-8-15(9-12-25)14-24-19(27)16-5-4-6-17(22)13-16/h4-6,13,15H,7-12,14H2,1-3H3,(H,23,28)(H,24,27). The maximum atomic E-state index is 12.3. The maximum Gasteiger partial charge on any atom is 0.407 e. The number of hydrogen-bond acceptors (Lipinski definition) is 4. The first kappa shape index (κ1) is 23.2. The van der Waals surface area contributed by atoms with Crippen LogP contribution in [0.4, 0.5) is 4.79 Å². The van der Waals surface area contributed by atoms with Gasteiger partial charge in [-0.05, 0) is 57.7 Å². The number of piperidine rings is 1. The summed E-state index contributed by atoms with van der Waals surface area (Å²) in [7, 11) is 0. The third kappa shape index (κ3) is 8.43. The molecular formula is C21H30BrN3O4. The van der Waals surface area contributed by atoms with Crippen LogP contribution in [0.15, 0.2) is 28.7 Å². The fourth-order valence-electron chi connectivity index (χ4n) is 3.10. The van der Waals surface area contributed by atoms with Crippen LogP contribution < -0.4 is 10.6 Å². The van der Waals surface area contributed by atoms with Crippen molar-refractivity contribution in [1.29, 1.82) is 0 Å². The van der Waals surface area contributed by atoms with E-state index in [4.69, 9.17) is 4.74 Å². The maximum absolute atomic E-state index is 12.3. The van der Waals surface area contributed by atoms with Crippen molar-refractivity contribution in [3.05, 3.63) is 34.3 Å². The van der Waals surface area contributed by atoms with E-state index in [-0.39, 0.29) is 24.8 Å². The molecule has 7 nitrogen and oxygen atoms in total. The van der Waals surface area contributed by atoms with Gasteiger partial charge in [-0.2, -0.15) is 0 Å². The number of rotatable bonds is 6. The Balaban J connectivity index is 1.64. The van der Waals surface area contributed by atoms with E-state index in [0.717, 1.165) is 17.3 Å². The largest absolute Gasteiger partial charge is 0.444 e. The highest BCUT2D eigenvalue weighted by Crippen LogP contribution is 2.18. The van der Waals surface area contributed by atoms with Gasteiger partial charge in [-0.25, -0.2) is 4.79 Å². The molecular weight excluding hydrogens is 438 g/mol. The molecule has 0 unspecified atom stereocenters. The predicted molar refractivity (Wildman–Crippen MR) is 115 cm³/mol. The number of hydrogen-bond donors (Lipinski definition) is 2. The summed E-state index contributed by atoms with van der Waals surface area (Å²) in [6.07, 6.45) is 1.45. The average Bonchev–Trinajstić information content (AvgIpc) is 2.65. The number of ether oxygens (including phenoxy) is 1. The number of nitrogens with zero attached hydrogens (tertiary/aromatic N) is 1. The van der Waals surface area contributed by atoms with Crippen LogP contribution in [0.1, 0.15) is 50.4 Å². The quantitative estimate of drug-likeness (QED) is 0.671. The van der Waals surface area contributed by atoms with E-state index in [1.165, 1.54) is 0 Å². The van der Waals surface area contributed by atoms with Gasteiger partial charge < -0.3 is 20.3 Å². The monoisotopic (exact) mass is 467 g/mol. The Labute approximate surface area is 180 Å². The average molecular weight is 468 g/mol. The Bertz CT molecular complexity index is 725. The highest BCUT2D eigenvalue weighted by molar-refractivity contribution is 9.10. The molecule has 0 bridgehead atoms. The van der Waals surface area contributed by atoms with Crippen LogP contribution in [0, 0.1) is 5.92 Å². The number of amides is 3. The third-order valence-corrected chi connectivity index (χ3v) is 5.11. The Hall–Kier alpha value is -2.09. The summed E-state index contributed by atoms with van der Waals surface area (Å²) in [5.74, 6) is 0.297. The summed E-state index contributed by atoms with van der Waals surface area (Å²) in [5.41, 5.74) is 0.0760. The second kappa shape index (κ2) is 10.6. The van der Waals surface area contributed by atoms with Gasteiger partial charge in [0.05, 0.1) is 0 Å². The second-order valence-corrected chi connectivity index (χ2v) is 9.14. The van der Waals surface area contributed by atoms with Gasteiger partial charge in [0.15, 0.2) is 0 Å². The first-order valence-electron chi connectivity index (χ1n) is 9.92. The molecule has 0 spiro atoms. The molecule has 1 aromatic carbocycles. The van der Waals surface area contributed by atoms with Crippen molar-refractivity contribution in [1.82, 2.24) is 15.5 Å². The van der Waals surface area contributed by atoms with Gasteiger partial charge >= 0.3 is 6.09 Å². The molecule has 3 amide bonds. The fraction of sp³-hybridized carbons (Fsp3) is 0.571. The fourth-order valence-corrected chi connectivity index (χ4v) is 3.50. The van der Waals surface area contributed by atoms with Gasteiger partial charge in [-0.1, -0.05) is 22.0 Å². The molecule has 1 aliphatic heterocycles. The Kier molecular flexibility index (Phi) is 8.49. The number of likely N-dealkylation sites (tertiary alicyclic amines) is 1. The molecule has 1 aromatic rings. The van der Waals surface area contributed by atoms with Gasteiger partial charge in [-0.15, -0.1) is 0 Å². The lowest BCUT2D eigenvalue weighted by Gasteiger charge is -2.32. The van der Waals surface area contributed by atoms with Crippen LogP contribution >= 0.6 is 15.9 Å². The molecule has 2 rings (SSSR count). The van der Waals surface area contributed by atoms with Crippen molar-refractivity contribution in [3.8, 4) is 0 Å². The van der Waals surface area contributed by atoms with Crippen LogP contribution in [0.3, 0.4) is 0 Å². The number of carbonyl (C=O) groups is 3. The minimum atomic E-state index is -0.553. The van der Waals surface area contributed by atoms with Gasteiger partial charge in [0.25, 0.3) is 5.91 Å². The first-order valence-corrected chi connectivity index (χ1v) is 10.7. The Morgan fingerprint density at radius 3 is 2.48 bits per heavy atom. The molecule has 1 fully saturated rings. The minimum absolute atomic E-state index is 0.0256. The van der Waals surface area contributed by atoms with E-state index in [0.29, 0.717) is 31.1 Å². The van der Waals surface area contributed by atoms with Crippen molar-refractivity contribution in [2.45, 2.75) is 45.6 Å². The lowest BCUT2D eigenvalue weighted by Crippen LogP contribution is -2.42. The van der Waals surface area contributed by atoms with E-state index in [1.807, 2.05) is 17.0 Å². The SMILES string of the molecule is CC(C)(C)OC(=O)NCCC(=O)N1CCC(CNC(=O)c2cccc(Br)c2)CC1. The van der Waals surface area contributed by atoms with Crippen LogP contribution in [-0.4, -0.2) is 54.6 Å². The van der Waals surface area contributed by atoms with Crippen LogP contribution in [-0.2, 0) is 9.53 Å². The van der Waals surface area contributed by atoms with Crippen LogP contribution in [0.2, 0.25) is 0 Å². The van der Waals surface area contributed by atoms with Crippen molar-refractivity contribution in [2.75, 3.05) is 26.2 Å². The predicted octanol–water partition coefficient (Wildman–Crippen LogP) is 3.33. The van der Waals surface area contributed by atoms with E-state index >= 15 is 0 Å². The minimum Gasteiger partial charge on any atom is -0.444 e. The lowest BCUT2D eigenvalue weighted by atomic mass is 9.96. The number of carbonyl (C=O) groups excluding carboxylic acids is 3. The molecule has 0 radical (unpaired) electrons. The summed E-state index contributed by atoms with van der Waals surface area (Å²) < 4.78 is 6.02. The Morgan fingerprint density at radius 1 is 1.17 bits per heavy atom. The molecule has 160 valence electrons. The van der Waals surface area contributed by atoms with Crippen LogP contribution in [0.5, 0.6) is 0 Å². The van der Waals surface area contributed by atoms with Gasteiger partial charge in [0.1, 0.15) is 5.60 Å². The third-order valence-electron chi connectivity index (χ3n) is 4.61. The van der Waals surface area contributed by atoms with Gasteiger partial charge in [0.2, 0.25) is 5.91 Å². The summed E-state index contributed by atoms with van der Waals surface area (Å²) in [4.78, 5) is 38.0. The first-order chi connectivity index (χ1) is 13.6. The molecule has 0 saturated carbocycles. The number of nitrogens with one attached hydrogen (secondary N) is 2. The molecule has 29 heavy (non-hydrogen) atoms. The molecule has 0 aliphatic carbocycles. The molecule has 1 saturated heterocycles. The summed E-state index contributed by atoms with van der Waals surface area (Å²) in [6, 6.07) is 7.29. The molecule has 8 heteroatoms. The summed E-state index contributed by atoms with van der Waals surface area (Å²) >= 11 is 3.37. The zero-order valence-corrected chi connectivity index (χ0v) is 18.9. The van der Waals surface area contributed by atoms with E-state index < -0.39 is 11.7 Å². The van der Waals surface area contributed by atoms with Gasteiger partial charge in [-0.3, -0.25) is 9.59 Å². The van der Waals surface area contributed by atoms with E-state index in [9.17, 15) is 14.4 Å². The van der Waals surface area contributed by atoms with Gasteiger partial charge in [0, 0.05) is 42.6 Å². The molecule has 1 aliphatic rings. The summed E-state index contributed by atoms with van der Waals surface area (Å²) in [5, 5.41) is 5.59. The van der Waals surface area contributed by atoms with Crippen molar-refractivity contribution >= 4 is 33.8 Å². The van der Waals surface area contributed by atoms with E-state index in [1.54, 1.807) is 32.9 Å². The zero-order valence-electron chi connectivity index (χ0n) is 17.3. The molecule has 1 heterocycles. The summed E-state index contributed by atoms with van der Waals surface area (Å²) in [6.45, 7) is 7.59. The highest BCUT2D eigenvalue weighted by atomic mass is 79.9.